The summed E-state index contributed by atoms with van der Waals surface area (Å²) < 4.78 is 5.69. The molecule has 0 fully saturated rings. The van der Waals surface area contributed by atoms with Gasteiger partial charge in [0, 0.05) is 11.8 Å². The highest BCUT2D eigenvalue weighted by Crippen LogP contribution is 2.13. The van der Waals surface area contributed by atoms with Gasteiger partial charge in [-0.05, 0) is 37.8 Å². The number of hydrogen-bond donors (Lipinski definition) is 1. The van der Waals surface area contributed by atoms with E-state index in [9.17, 15) is 4.79 Å². The van der Waals surface area contributed by atoms with Crippen LogP contribution in [0.3, 0.4) is 0 Å². The molecular formula is C14H17N3O2Si. The van der Waals surface area contributed by atoms with E-state index in [0.717, 1.165) is 0 Å². The van der Waals surface area contributed by atoms with Crippen molar-refractivity contribution in [1.29, 1.82) is 0 Å². The minimum absolute atomic E-state index is 0.205. The number of nitrogens with zero attached hydrogens (tertiary/aromatic N) is 2. The molecule has 104 valence electrons. The van der Waals surface area contributed by atoms with Crippen molar-refractivity contribution < 1.29 is 9.22 Å². The van der Waals surface area contributed by atoms with E-state index in [2.05, 4.69) is 15.3 Å². The molecule has 0 aliphatic rings. The Hall–Kier alpha value is -2.21. The largest absolute Gasteiger partial charge is 0.518 e. The quantitative estimate of drug-likeness (QED) is 0.878. The van der Waals surface area contributed by atoms with Crippen molar-refractivity contribution in [3.8, 4) is 6.01 Å². The first-order valence-electron chi connectivity index (χ1n) is 6.32. The Morgan fingerprint density at radius 2 is 1.85 bits per heavy atom. The number of rotatable bonds is 4. The van der Waals surface area contributed by atoms with E-state index < -0.39 is 8.32 Å². The molecule has 0 saturated carbocycles. The van der Waals surface area contributed by atoms with Crippen LogP contribution in [0.25, 0.3) is 0 Å². The second kappa shape index (κ2) is 5.83. The van der Waals surface area contributed by atoms with Crippen LogP contribution in [0, 0.1) is 0 Å². The summed E-state index contributed by atoms with van der Waals surface area (Å²) in [6.07, 6.45) is 1.57. The molecule has 6 heteroatoms. The lowest BCUT2D eigenvalue weighted by atomic mass is 10.2. The van der Waals surface area contributed by atoms with Crippen LogP contribution in [0.1, 0.15) is 10.4 Å². The molecule has 5 nitrogen and oxygen atoms in total. The van der Waals surface area contributed by atoms with Crippen molar-refractivity contribution in [1.82, 2.24) is 9.97 Å². The van der Waals surface area contributed by atoms with Crippen LogP contribution in [-0.2, 0) is 0 Å². The fourth-order valence-corrected chi connectivity index (χ4v) is 2.16. The highest BCUT2D eigenvalue weighted by Gasteiger charge is 2.18. The van der Waals surface area contributed by atoms with Crippen molar-refractivity contribution in [2.45, 2.75) is 19.6 Å². The number of anilines is 1. The number of aromatic nitrogens is 2. The Labute approximate surface area is 119 Å². The third-order valence-corrected chi connectivity index (χ3v) is 3.10. The molecule has 0 saturated heterocycles. The monoisotopic (exact) mass is 287 g/mol. The highest BCUT2D eigenvalue weighted by molar-refractivity contribution is 6.70. The number of amides is 1. The molecule has 1 amide bonds. The lowest BCUT2D eigenvalue weighted by molar-refractivity contribution is 0.102. The summed E-state index contributed by atoms with van der Waals surface area (Å²) in [6.45, 7) is 6.14. The van der Waals surface area contributed by atoms with Crippen molar-refractivity contribution in [3.63, 3.8) is 0 Å². The number of carbonyl (C=O) groups excluding carboxylic acids is 1. The van der Waals surface area contributed by atoms with Crippen molar-refractivity contribution in [2.24, 2.45) is 0 Å². The van der Waals surface area contributed by atoms with Gasteiger partial charge >= 0.3 is 6.01 Å². The molecule has 1 heterocycles. The molecule has 0 bridgehead atoms. The first-order chi connectivity index (χ1) is 9.44. The molecule has 2 aromatic rings. The summed E-state index contributed by atoms with van der Waals surface area (Å²) in [7, 11) is -1.76. The lowest BCUT2D eigenvalue weighted by Gasteiger charge is -2.17. The normalized spacial score (nSPS) is 10.9. The zero-order valence-corrected chi connectivity index (χ0v) is 12.8. The highest BCUT2D eigenvalue weighted by atomic mass is 28.4. The standard InChI is InChI=1S/C14H17N3O2Si/c1-20(2,3)19-14-15-10-9-12(17-14)16-13(18)11-7-5-4-6-8-11/h4-10H,1-3H3,(H,15,16,17,18). The molecule has 0 unspecified atom stereocenters. The Balaban J connectivity index is 2.10. The average Bonchev–Trinajstić information content (AvgIpc) is 2.38. The molecule has 1 aromatic heterocycles. The van der Waals surface area contributed by atoms with E-state index in [1.807, 2.05) is 37.8 Å². The fraction of sp³-hybridized carbons (Fsp3) is 0.214. The Morgan fingerprint density at radius 1 is 1.15 bits per heavy atom. The number of benzene rings is 1. The Morgan fingerprint density at radius 3 is 2.50 bits per heavy atom. The molecule has 1 aromatic carbocycles. The molecule has 0 aliphatic carbocycles. The molecular weight excluding hydrogens is 270 g/mol. The fourth-order valence-electron chi connectivity index (χ4n) is 1.51. The third kappa shape index (κ3) is 4.17. The van der Waals surface area contributed by atoms with Gasteiger partial charge in [-0.25, -0.2) is 4.98 Å². The molecule has 1 N–H and O–H groups in total. The van der Waals surface area contributed by atoms with E-state index in [1.54, 1.807) is 24.4 Å². The van der Waals surface area contributed by atoms with E-state index in [-0.39, 0.29) is 5.91 Å². The van der Waals surface area contributed by atoms with Crippen LogP contribution in [-0.4, -0.2) is 24.2 Å². The lowest BCUT2D eigenvalue weighted by Crippen LogP contribution is -2.30. The summed E-state index contributed by atoms with van der Waals surface area (Å²) in [5.41, 5.74) is 0.582. The van der Waals surface area contributed by atoms with Crippen molar-refractivity contribution in [2.75, 3.05) is 5.32 Å². The van der Waals surface area contributed by atoms with Gasteiger partial charge in [0.1, 0.15) is 5.82 Å². The maximum Gasteiger partial charge on any atom is 0.304 e. The van der Waals surface area contributed by atoms with Gasteiger partial charge in [-0.2, -0.15) is 4.98 Å². The first-order valence-corrected chi connectivity index (χ1v) is 9.73. The van der Waals surface area contributed by atoms with Gasteiger partial charge in [0.05, 0.1) is 0 Å². The van der Waals surface area contributed by atoms with Gasteiger partial charge in [-0.15, -0.1) is 0 Å². The summed E-state index contributed by atoms with van der Waals surface area (Å²) in [5, 5.41) is 2.73. The van der Waals surface area contributed by atoms with E-state index in [1.165, 1.54) is 0 Å². The van der Waals surface area contributed by atoms with Crippen LogP contribution >= 0.6 is 0 Å². The van der Waals surface area contributed by atoms with Gasteiger partial charge < -0.3 is 9.74 Å². The molecule has 2 rings (SSSR count). The maximum absolute atomic E-state index is 12.0. The zero-order chi connectivity index (χ0) is 14.6. The topological polar surface area (TPSA) is 64.1 Å². The molecule has 0 radical (unpaired) electrons. The Bertz CT molecular complexity index is 597. The summed E-state index contributed by atoms with van der Waals surface area (Å²) in [5.74, 6) is 0.227. The SMILES string of the molecule is C[Si](C)(C)Oc1nccc(NC(=O)c2ccccc2)n1. The van der Waals surface area contributed by atoms with Crippen LogP contribution < -0.4 is 9.74 Å². The molecule has 20 heavy (non-hydrogen) atoms. The minimum atomic E-state index is -1.76. The predicted molar refractivity (Wildman–Crippen MR) is 80.4 cm³/mol. The molecule has 0 aliphatic heterocycles. The number of carbonyl (C=O) groups is 1. The smallest absolute Gasteiger partial charge is 0.304 e. The predicted octanol–water partition coefficient (Wildman–Crippen LogP) is 2.94. The number of hydrogen-bond acceptors (Lipinski definition) is 4. The third-order valence-electron chi connectivity index (χ3n) is 2.31. The van der Waals surface area contributed by atoms with E-state index in [0.29, 0.717) is 17.4 Å². The van der Waals surface area contributed by atoms with Crippen LogP contribution in [0.4, 0.5) is 5.82 Å². The van der Waals surface area contributed by atoms with Crippen LogP contribution in [0.2, 0.25) is 19.6 Å². The van der Waals surface area contributed by atoms with Gasteiger partial charge in [0.25, 0.3) is 5.91 Å². The molecule has 0 spiro atoms. The van der Waals surface area contributed by atoms with E-state index in [4.69, 9.17) is 4.43 Å². The van der Waals surface area contributed by atoms with Crippen molar-refractivity contribution in [3.05, 3.63) is 48.2 Å². The summed E-state index contributed by atoms with van der Waals surface area (Å²) in [6, 6.07) is 10.9. The van der Waals surface area contributed by atoms with Gasteiger partial charge in [0.2, 0.25) is 8.32 Å². The van der Waals surface area contributed by atoms with Gasteiger partial charge in [-0.1, -0.05) is 18.2 Å². The Kier molecular flexibility index (Phi) is 4.14. The van der Waals surface area contributed by atoms with Crippen molar-refractivity contribution >= 4 is 20.0 Å². The van der Waals surface area contributed by atoms with E-state index >= 15 is 0 Å². The second-order valence-corrected chi connectivity index (χ2v) is 9.69. The van der Waals surface area contributed by atoms with Gasteiger partial charge in [0.15, 0.2) is 0 Å². The van der Waals surface area contributed by atoms with Crippen LogP contribution in [0.15, 0.2) is 42.6 Å². The summed E-state index contributed by atoms with van der Waals surface area (Å²) >= 11 is 0. The van der Waals surface area contributed by atoms with Gasteiger partial charge in [-0.3, -0.25) is 4.79 Å². The minimum Gasteiger partial charge on any atom is -0.518 e. The second-order valence-electron chi connectivity index (χ2n) is 5.26. The van der Waals surface area contributed by atoms with Crippen LogP contribution in [0.5, 0.6) is 6.01 Å². The average molecular weight is 287 g/mol. The zero-order valence-electron chi connectivity index (χ0n) is 11.8. The number of nitrogens with one attached hydrogen (secondary N) is 1. The molecule has 0 atom stereocenters. The first kappa shape index (κ1) is 14.2. The maximum atomic E-state index is 12.0. The summed E-state index contributed by atoms with van der Waals surface area (Å²) in [4.78, 5) is 20.3.